The highest BCUT2D eigenvalue weighted by Gasteiger charge is 2.10. The van der Waals surface area contributed by atoms with Crippen LogP contribution < -0.4 is 14.8 Å². The Balaban J connectivity index is 1.40. The van der Waals surface area contributed by atoms with Crippen molar-refractivity contribution < 1.29 is 14.3 Å². The van der Waals surface area contributed by atoms with Gasteiger partial charge in [-0.25, -0.2) is 0 Å². The van der Waals surface area contributed by atoms with Crippen molar-refractivity contribution in [2.75, 3.05) is 18.5 Å². The lowest BCUT2D eigenvalue weighted by molar-refractivity contribution is 0.102. The highest BCUT2D eigenvalue weighted by molar-refractivity contribution is 6.04. The van der Waals surface area contributed by atoms with Gasteiger partial charge in [0.05, 0.1) is 31.6 Å². The van der Waals surface area contributed by atoms with E-state index in [9.17, 15) is 4.79 Å². The second-order valence-corrected chi connectivity index (χ2v) is 7.47. The van der Waals surface area contributed by atoms with Gasteiger partial charge in [0.15, 0.2) is 11.5 Å². The van der Waals surface area contributed by atoms with Crippen LogP contribution in [0.1, 0.15) is 29.8 Å². The Hall–Kier alpha value is -4.06. The standard InChI is InChI=1S/C27H27N3O3/c1-3-32-25-15-10-20(16-26(25)33-4-2)18-30-19-24(17-28-30)29-27(31)23-13-11-22(12-14-23)21-8-6-5-7-9-21/h5-17,19H,3-4,18H2,1-2H3,(H,29,31). The molecule has 0 bridgehead atoms. The average molecular weight is 442 g/mol. The molecule has 0 unspecified atom stereocenters. The van der Waals surface area contributed by atoms with Crippen molar-refractivity contribution in [1.82, 2.24) is 9.78 Å². The van der Waals surface area contributed by atoms with E-state index in [4.69, 9.17) is 9.47 Å². The van der Waals surface area contributed by atoms with Gasteiger partial charge in [-0.05, 0) is 54.8 Å². The number of hydrogen-bond donors (Lipinski definition) is 1. The van der Waals surface area contributed by atoms with E-state index >= 15 is 0 Å². The minimum atomic E-state index is -0.172. The van der Waals surface area contributed by atoms with E-state index in [1.54, 1.807) is 10.9 Å². The lowest BCUT2D eigenvalue weighted by Crippen LogP contribution is -2.11. The smallest absolute Gasteiger partial charge is 0.255 e. The fourth-order valence-corrected chi connectivity index (χ4v) is 3.54. The predicted molar refractivity (Wildman–Crippen MR) is 130 cm³/mol. The Morgan fingerprint density at radius 1 is 0.879 bits per heavy atom. The average Bonchev–Trinajstić information content (AvgIpc) is 3.28. The number of ether oxygens (including phenoxy) is 2. The number of carbonyl (C=O) groups excluding carboxylic acids is 1. The predicted octanol–water partition coefficient (Wildman–Crippen LogP) is 5.65. The quantitative estimate of drug-likeness (QED) is 0.365. The molecule has 0 aliphatic heterocycles. The Kier molecular flexibility index (Phi) is 7.05. The van der Waals surface area contributed by atoms with Crippen LogP contribution in [0.25, 0.3) is 11.1 Å². The van der Waals surface area contributed by atoms with E-state index in [0.717, 1.165) is 28.2 Å². The highest BCUT2D eigenvalue weighted by atomic mass is 16.5. The molecule has 4 rings (SSSR count). The molecule has 0 aliphatic rings. The summed E-state index contributed by atoms with van der Waals surface area (Å²) in [6, 6.07) is 23.5. The van der Waals surface area contributed by atoms with Crippen LogP contribution in [-0.4, -0.2) is 28.9 Å². The van der Waals surface area contributed by atoms with Gasteiger partial charge in [-0.3, -0.25) is 9.48 Å². The number of nitrogens with zero attached hydrogens (tertiary/aromatic N) is 2. The Bertz CT molecular complexity index is 1200. The van der Waals surface area contributed by atoms with Crippen LogP contribution in [0.15, 0.2) is 85.2 Å². The van der Waals surface area contributed by atoms with Crippen molar-refractivity contribution >= 4 is 11.6 Å². The molecule has 0 fully saturated rings. The van der Waals surface area contributed by atoms with Gasteiger partial charge in [-0.2, -0.15) is 5.10 Å². The first-order valence-corrected chi connectivity index (χ1v) is 11.0. The summed E-state index contributed by atoms with van der Waals surface area (Å²) in [5, 5.41) is 7.29. The SMILES string of the molecule is CCOc1ccc(Cn2cc(NC(=O)c3ccc(-c4ccccc4)cc3)cn2)cc1OCC. The first-order chi connectivity index (χ1) is 16.2. The van der Waals surface area contributed by atoms with Gasteiger partial charge in [0.1, 0.15) is 0 Å². The largest absolute Gasteiger partial charge is 0.490 e. The molecule has 1 amide bonds. The van der Waals surface area contributed by atoms with Crippen LogP contribution in [-0.2, 0) is 6.54 Å². The fraction of sp³-hybridized carbons (Fsp3) is 0.185. The molecule has 33 heavy (non-hydrogen) atoms. The summed E-state index contributed by atoms with van der Waals surface area (Å²) in [5.74, 6) is 1.28. The number of rotatable bonds is 9. The molecule has 0 aliphatic carbocycles. The van der Waals surface area contributed by atoms with Gasteiger partial charge in [0.2, 0.25) is 0 Å². The number of benzene rings is 3. The zero-order valence-electron chi connectivity index (χ0n) is 18.8. The van der Waals surface area contributed by atoms with Crippen LogP contribution in [0.2, 0.25) is 0 Å². The highest BCUT2D eigenvalue weighted by Crippen LogP contribution is 2.29. The molecule has 0 saturated carbocycles. The molecule has 168 valence electrons. The molecule has 0 radical (unpaired) electrons. The van der Waals surface area contributed by atoms with Gasteiger partial charge in [0.25, 0.3) is 5.91 Å². The van der Waals surface area contributed by atoms with Crippen LogP contribution in [0.3, 0.4) is 0 Å². The van der Waals surface area contributed by atoms with E-state index in [2.05, 4.69) is 10.4 Å². The maximum absolute atomic E-state index is 12.7. The van der Waals surface area contributed by atoms with Gasteiger partial charge >= 0.3 is 0 Å². The molecule has 0 spiro atoms. The van der Waals surface area contributed by atoms with Gasteiger partial charge in [-0.1, -0.05) is 48.5 Å². The van der Waals surface area contributed by atoms with Crippen molar-refractivity contribution in [3.63, 3.8) is 0 Å². The molecule has 1 heterocycles. The third-order valence-electron chi connectivity index (χ3n) is 5.10. The monoisotopic (exact) mass is 441 g/mol. The van der Waals surface area contributed by atoms with E-state index in [-0.39, 0.29) is 5.91 Å². The van der Waals surface area contributed by atoms with E-state index in [1.807, 2.05) is 92.8 Å². The first-order valence-electron chi connectivity index (χ1n) is 11.0. The summed E-state index contributed by atoms with van der Waals surface area (Å²) in [7, 11) is 0. The topological polar surface area (TPSA) is 65.4 Å². The number of nitrogens with one attached hydrogen (secondary N) is 1. The van der Waals surface area contributed by atoms with Crippen molar-refractivity contribution in [2.45, 2.75) is 20.4 Å². The van der Waals surface area contributed by atoms with Crippen molar-refractivity contribution in [1.29, 1.82) is 0 Å². The summed E-state index contributed by atoms with van der Waals surface area (Å²) >= 11 is 0. The first kappa shape index (κ1) is 22.1. The van der Waals surface area contributed by atoms with Crippen LogP contribution in [0.4, 0.5) is 5.69 Å². The van der Waals surface area contributed by atoms with Crippen LogP contribution in [0.5, 0.6) is 11.5 Å². The summed E-state index contributed by atoms with van der Waals surface area (Å²) < 4.78 is 13.1. The molecule has 0 atom stereocenters. The molecule has 3 aromatic carbocycles. The Morgan fingerprint density at radius 2 is 1.58 bits per heavy atom. The number of hydrogen-bond acceptors (Lipinski definition) is 4. The lowest BCUT2D eigenvalue weighted by atomic mass is 10.0. The summed E-state index contributed by atoms with van der Waals surface area (Å²) in [4.78, 5) is 12.7. The van der Waals surface area contributed by atoms with Gasteiger partial charge in [-0.15, -0.1) is 0 Å². The second kappa shape index (κ2) is 10.5. The maximum Gasteiger partial charge on any atom is 0.255 e. The van der Waals surface area contributed by atoms with Crippen LogP contribution >= 0.6 is 0 Å². The van der Waals surface area contributed by atoms with E-state index < -0.39 is 0 Å². The minimum Gasteiger partial charge on any atom is -0.490 e. The fourth-order valence-electron chi connectivity index (χ4n) is 3.54. The number of aromatic nitrogens is 2. The molecule has 0 saturated heterocycles. The summed E-state index contributed by atoms with van der Waals surface area (Å²) in [6.07, 6.45) is 3.46. The Morgan fingerprint density at radius 3 is 2.30 bits per heavy atom. The molecule has 6 nitrogen and oxygen atoms in total. The van der Waals surface area contributed by atoms with Crippen molar-refractivity contribution in [2.24, 2.45) is 0 Å². The van der Waals surface area contributed by atoms with Gasteiger partial charge in [0, 0.05) is 11.8 Å². The molecule has 4 aromatic rings. The minimum absolute atomic E-state index is 0.172. The molecular formula is C27H27N3O3. The summed E-state index contributed by atoms with van der Waals surface area (Å²) in [6.45, 7) is 5.58. The molecule has 6 heteroatoms. The Labute approximate surface area is 193 Å². The maximum atomic E-state index is 12.7. The third-order valence-corrected chi connectivity index (χ3v) is 5.10. The normalized spacial score (nSPS) is 10.6. The van der Waals surface area contributed by atoms with E-state index in [0.29, 0.717) is 31.0 Å². The van der Waals surface area contributed by atoms with Gasteiger partial charge < -0.3 is 14.8 Å². The molecular weight excluding hydrogens is 414 g/mol. The second-order valence-electron chi connectivity index (χ2n) is 7.47. The number of anilines is 1. The third kappa shape index (κ3) is 5.60. The number of carbonyl (C=O) groups is 1. The molecule has 1 aromatic heterocycles. The van der Waals surface area contributed by atoms with Crippen molar-refractivity contribution in [3.05, 3.63) is 96.3 Å². The lowest BCUT2D eigenvalue weighted by Gasteiger charge is -2.12. The van der Waals surface area contributed by atoms with E-state index in [1.165, 1.54) is 0 Å². The zero-order chi connectivity index (χ0) is 23.0. The number of amides is 1. The van der Waals surface area contributed by atoms with Crippen LogP contribution in [0, 0.1) is 0 Å². The van der Waals surface area contributed by atoms with Crippen molar-refractivity contribution in [3.8, 4) is 22.6 Å². The summed E-state index contributed by atoms with van der Waals surface area (Å²) in [5.41, 5.74) is 4.45. The zero-order valence-corrected chi connectivity index (χ0v) is 18.8. The molecule has 1 N–H and O–H groups in total.